The van der Waals surface area contributed by atoms with E-state index in [-0.39, 0.29) is 16.4 Å². The number of carboxylic acids is 1. The van der Waals surface area contributed by atoms with Crippen molar-refractivity contribution in [3.63, 3.8) is 0 Å². The Morgan fingerprint density at radius 3 is 1.31 bits per heavy atom. The zero-order chi connectivity index (χ0) is 41.0. The van der Waals surface area contributed by atoms with Crippen LogP contribution in [-0.2, 0) is 15.6 Å². The highest BCUT2D eigenvalue weighted by atomic mass is 32.1. The SMILES string of the molecule is CC(C)(C)c1ccc(-c2ccc(N(c3ccc(/C=C/c4ccc(-c5ccc(/C=C(/C#N)C(=O)O)s5)s4)cc3)c3ccc(-c4ccc(C(C)(C)C)cc4)cc3)cc2)cc1. The lowest BCUT2D eigenvalue weighted by atomic mass is 9.86. The maximum atomic E-state index is 11.3. The molecule has 0 radical (unpaired) electrons. The molecule has 0 aliphatic heterocycles. The van der Waals surface area contributed by atoms with Crippen molar-refractivity contribution in [2.24, 2.45) is 0 Å². The molecule has 2 aromatic heterocycles. The first-order valence-electron chi connectivity index (χ1n) is 19.3. The molecule has 7 rings (SSSR count). The van der Waals surface area contributed by atoms with Gasteiger partial charge in [-0.2, -0.15) is 5.26 Å². The lowest BCUT2D eigenvalue weighted by Crippen LogP contribution is -2.10. The van der Waals surface area contributed by atoms with Gasteiger partial charge in [0.2, 0.25) is 0 Å². The number of hydrogen-bond donors (Lipinski definition) is 1. The molecule has 0 atom stereocenters. The second-order valence-electron chi connectivity index (χ2n) is 16.4. The number of nitrogens with zero attached hydrogens (tertiary/aromatic N) is 2. The average molecular weight is 795 g/mol. The van der Waals surface area contributed by atoms with Gasteiger partial charge in [0.1, 0.15) is 11.6 Å². The second-order valence-corrected chi connectivity index (χ2v) is 18.6. The molecule has 288 valence electrons. The highest BCUT2D eigenvalue weighted by Crippen LogP contribution is 2.39. The van der Waals surface area contributed by atoms with E-state index in [2.05, 4.69) is 192 Å². The normalized spacial score (nSPS) is 12.1. The molecule has 0 bridgehead atoms. The van der Waals surface area contributed by atoms with Gasteiger partial charge in [0.25, 0.3) is 0 Å². The lowest BCUT2D eigenvalue weighted by Gasteiger charge is -2.26. The Kier molecular flexibility index (Phi) is 11.5. The van der Waals surface area contributed by atoms with Crippen LogP contribution in [0.3, 0.4) is 0 Å². The maximum absolute atomic E-state index is 11.3. The number of benzene rings is 5. The van der Waals surface area contributed by atoms with E-state index >= 15 is 0 Å². The van der Waals surface area contributed by atoms with Crippen molar-refractivity contribution < 1.29 is 9.90 Å². The Bertz CT molecular complexity index is 2520. The summed E-state index contributed by atoms with van der Waals surface area (Å²) in [5.74, 6) is -1.22. The van der Waals surface area contributed by atoms with Crippen LogP contribution in [0.5, 0.6) is 0 Å². The number of aliphatic carboxylic acids is 1. The highest BCUT2D eigenvalue weighted by Gasteiger charge is 2.17. The fourth-order valence-electron chi connectivity index (χ4n) is 6.71. The smallest absolute Gasteiger partial charge is 0.346 e. The van der Waals surface area contributed by atoms with Crippen LogP contribution >= 0.6 is 22.7 Å². The van der Waals surface area contributed by atoms with E-state index in [9.17, 15) is 9.90 Å². The first-order chi connectivity index (χ1) is 27.7. The number of thiophene rings is 2. The largest absolute Gasteiger partial charge is 0.477 e. The summed E-state index contributed by atoms with van der Waals surface area (Å²) in [5.41, 5.74) is 11.6. The van der Waals surface area contributed by atoms with Crippen molar-refractivity contribution in [1.29, 1.82) is 5.26 Å². The molecular formula is C52H46N2O2S2. The monoisotopic (exact) mass is 794 g/mol. The van der Waals surface area contributed by atoms with Gasteiger partial charge < -0.3 is 10.0 Å². The molecule has 0 unspecified atom stereocenters. The van der Waals surface area contributed by atoms with Crippen molar-refractivity contribution in [3.8, 4) is 38.1 Å². The lowest BCUT2D eigenvalue weighted by molar-refractivity contribution is -0.132. The molecule has 0 aliphatic rings. The van der Waals surface area contributed by atoms with Crippen LogP contribution in [0.2, 0.25) is 0 Å². The van der Waals surface area contributed by atoms with Gasteiger partial charge in [0, 0.05) is 36.6 Å². The molecule has 4 nitrogen and oxygen atoms in total. The Labute approximate surface area is 350 Å². The molecule has 0 saturated carbocycles. The fraction of sp³-hybridized carbons (Fsp3) is 0.154. The standard InChI is InChI=1S/C52H46N2O2S2/c1-51(2,3)41-18-10-36(11-19-41)38-14-24-44(25-15-38)54(45-26-16-39(17-27-45)37-12-20-42(21-13-37)52(4,5)6)43-22-7-35(8-23-43)9-28-46-29-31-48(57-46)49-32-30-47(58-49)33-40(34-53)50(55)56/h7-33H,1-6H3,(H,55,56)/b28-9+,40-33-. The molecule has 58 heavy (non-hydrogen) atoms. The summed E-state index contributed by atoms with van der Waals surface area (Å²) in [6.07, 6.45) is 5.66. The summed E-state index contributed by atoms with van der Waals surface area (Å²) in [6.45, 7) is 13.5. The van der Waals surface area contributed by atoms with Gasteiger partial charge >= 0.3 is 5.97 Å². The van der Waals surface area contributed by atoms with Crippen molar-refractivity contribution in [2.45, 2.75) is 52.4 Å². The predicted molar refractivity (Wildman–Crippen MR) is 247 cm³/mol. The molecule has 7 aromatic rings. The number of carbonyl (C=O) groups is 1. The highest BCUT2D eigenvalue weighted by molar-refractivity contribution is 7.23. The number of carboxylic acid groups (broad SMARTS) is 1. The summed E-state index contributed by atoms with van der Waals surface area (Å²) < 4.78 is 0. The first-order valence-corrected chi connectivity index (χ1v) is 20.9. The van der Waals surface area contributed by atoms with Gasteiger partial charge in [-0.1, -0.05) is 133 Å². The van der Waals surface area contributed by atoms with Gasteiger partial charge in [0.05, 0.1) is 0 Å². The number of hydrogen-bond acceptors (Lipinski definition) is 5. The zero-order valence-electron chi connectivity index (χ0n) is 33.7. The minimum Gasteiger partial charge on any atom is -0.477 e. The van der Waals surface area contributed by atoms with E-state index in [1.807, 2.05) is 12.1 Å². The van der Waals surface area contributed by atoms with Gasteiger partial charge in [0.15, 0.2) is 0 Å². The third-order valence-electron chi connectivity index (χ3n) is 10.1. The van der Waals surface area contributed by atoms with Crippen LogP contribution in [0.4, 0.5) is 17.1 Å². The van der Waals surface area contributed by atoms with Crippen LogP contribution in [-0.4, -0.2) is 11.1 Å². The first kappa shape index (κ1) is 40.0. The minimum atomic E-state index is -1.22. The number of rotatable bonds is 10. The molecule has 0 amide bonds. The van der Waals surface area contributed by atoms with Gasteiger partial charge in [-0.3, -0.25) is 0 Å². The molecule has 0 saturated heterocycles. The molecule has 5 aromatic carbocycles. The Hall–Kier alpha value is -6.26. The molecular weight excluding hydrogens is 749 g/mol. The quantitative estimate of drug-likeness (QED) is 0.111. The zero-order valence-corrected chi connectivity index (χ0v) is 35.3. The molecule has 6 heteroatoms. The molecule has 0 aliphatic carbocycles. The van der Waals surface area contributed by atoms with Crippen LogP contribution in [0.25, 0.3) is 50.2 Å². The van der Waals surface area contributed by atoms with Crippen molar-refractivity contribution in [2.75, 3.05) is 4.90 Å². The van der Waals surface area contributed by atoms with Crippen LogP contribution < -0.4 is 4.90 Å². The van der Waals surface area contributed by atoms with Gasteiger partial charge in [-0.05, 0) is 123 Å². The van der Waals surface area contributed by atoms with E-state index in [1.165, 1.54) is 50.8 Å². The van der Waals surface area contributed by atoms with E-state index in [0.717, 1.165) is 42.1 Å². The van der Waals surface area contributed by atoms with E-state index in [0.29, 0.717) is 0 Å². The van der Waals surface area contributed by atoms with E-state index in [1.54, 1.807) is 17.4 Å². The van der Waals surface area contributed by atoms with Crippen LogP contribution in [0.15, 0.2) is 151 Å². The van der Waals surface area contributed by atoms with Gasteiger partial charge in [-0.25, -0.2) is 4.79 Å². The molecule has 0 spiro atoms. The molecule has 1 N–H and O–H groups in total. The van der Waals surface area contributed by atoms with Crippen molar-refractivity contribution in [1.82, 2.24) is 0 Å². The summed E-state index contributed by atoms with van der Waals surface area (Å²) in [7, 11) is 0. The number of anilines is 3. The second kappa shape index (κ2) is 16.7. The fourth-order valence-corrected chi connectivity index (χ4v) is 8.67. The third-order valence-corrected chi connectivity index (χ3v) is 12.4. The van der Waals surface area contributed by atoms with Gasteiger partial charge in [-0.15, -0.1) is 22.7 Å². The summed E-state index contributed by atoms with van der Waals surface area (Å²) >= 11 is 3.14. The summed E-state index contributed by atoms with van der Waals surface area (Å²) in [6, 6.07) is 53.8. The minimum absolute atomic E-state index is 0.110. The Morgan fingerprint density at radius 1 is 0.534 bits per heavy atom. The van der Waals surface area contributed by atoms with Crippen LogP contribution in [0.1, 0.15) is 68.0 Å². The Morgan fingerprint density at radius 2 is 0.914 bits per heavy atom. The van der Waals surface area contributed by atoms with E-state index in [4.69, 9.17) is 5.26 Å². The number of nitriles is 1. The topological polar surface area (TPSA) is 64.3 Å². The Balaban J connectivity index is 1.14. The summed E-state index contributed by atoms with van der Waals surface area (Å²) in [4.78, 5) is 17.5. The maximum Gasteiger partial charge on any atom is 0.346 e. The summed E-state index contributed by atoms with van der Waals surface area (Å²) in [5, 5.41) is 18.3. The molecule has 2 heterocycles. The van der Waals surface area contributed by atoms with Crippen LogP contribution in [0, 0.1) is 11.3 Å². The van der Waals surface area contributed by atoms with Crippen molar-refractivity contribution in [3.05, 3.63) is 178 Å². The average Bonchev–Trinajstić information content (AvgIpc) is 3.90. The van der Waals surface area contributed by atoms with Crippen molar-refractivity contribution >= 4 is 63.9 Å². The van der Waals surface area contributed by atoms with E-state index < -0.39 is 5.97 Å². The molecule has 0 fully saturated rings. The predicted octanol–water partition coefficient (Wildman–Crippen LogP) is 15.0. The third kappa shape index (κ3) is 9.30.